The van der Waals surface area contributed by atoms with E-state index in [0.29, 0.717) is 11.1 Å². The zero-order valence-electron chi connectivity index (χ0n) is 24.8. The average Bonchev–Trinajstić information content (AvgIpc) is 3.12. The molecule has 0 unspecified atom stereocenters. The van der Waals surface area contributed by atoms with Crippen LogP contribution in [-0.2, 0) is 0 Å². The Bertz CT molecular complexity index is 1930. The minimum absolute atomic E-state index is 0.0418. The molecular formula is C42H30O4. The van der Waals surface area contributed by atoms with Crippen LogP contribution in [0.2, 0.25) is 0 Å². The average molecular weight is 599 g/mol. The number of phenols is 4. The van der Waals surface area contributed by atoms with E-state index >= 15 is 0 Å². The number of aromatic hydroxyl groups is 4. The number of hydrogen-bond donors (Lipinski definition) is 4. The summed E-state index contributed by atoms with van der Waals surface area (Å²) in [7, 11) is 0. The van der Waals surface area contributed by atoms with Crippen molar-refractivity contribution in [2.45, 2.75) is 0 Å². The van der Waals surface area contributed by atoms with Crippen LogP contribution in [0.25, 0.3) is 66.8 Å². The van der Waals surface area contributed by atoms with E-state index < -0.39 is 23.0 Å². The molecule has 222 valence electrons. The van der Waals surface area contributed by atoms with Gasteiger partial charge in [-0.05, 0) is 55.6 Å². The molecule has 0 aliphatic carbocycles. The summed E-state index contributed by atoms with van der Waals surface area (Å²) in [5.74, 6) is -2.03. The summed E-state index contributed by atoms with van der Waals surface area (Å²) in [5.41, 5.74) is 9.25. The van der Waals surface area contributed by atoms with Crippen LogP contribution >= 0.6 is 0 Å². The van der Waals surface area contributed by atoms with Crippen molar-refractivity contribution in [2.24, 2.45) is 0 Å². The molecule has 0 spiro atoms. The van der Waals surface area contributed by atoms with Gasteiger partial charge >= 0.3 is 0 Å². The van der Waals surface area contributed by atoms with E-state index in [0.717, 1.165) is 44.5 Å². The lowest BCUT2D eigenvalue weighted by molar-refractivity contribution is 0.378. The highest BCUT2D eigenvalue weighted by Gasteiger charge is 2.25. The fourth-order valence-electron chi connectivity index (χ4n) is 5.87. The highest BCUT2D eigenvalue weighted by Crippen LogP contribution is 2.55. The molecule has 46 heavy (non-hydrogen) atoms. The molecule has 0 radical (unpaired) electrons. The quantitative estimate of drug-likeness (QED) is 0.113. The first-order valence-electron chi connectivity index (χ1n) is 15.0. The first kappa shape index (κ1) is 28.5. The van der Waals surface area contributed by atoms with Gasteiger partial charge in [0.2, 0.25) is 0 Å². The van der Waals surface area contributed by atoms with E-state index in [4.69, 9.17) is 0 Å². The molecule has 0 heterocycles. The Balaban J connectivity index is 1.14. The first-order valence-corrected chi connectivity index (χ1v) is 15.0. The molecule has 7 rings (SSSR count). The molecule has 0 aromatic heterocycles. The monoisotopic (exact) mass is 598 g/mol. The van der Waals surface area contributed by atoms with Crippen LogP contribution in [0, 0.1) is 0 Å². The van der Waals surface area contributed by atoms with Gasteiger partial charge in [-0.25, -0.2) is 0 Å². The predicted octanol–water partition coefficient (Wildman–Crippen LogP) is 10.5. The summed E-state index contributed by atoms with van der Waals surface area (Å²) < 4.78 is 0. The second kappa shape index (κ2) is 12.0. The maximum atomic E-state index is 11.1. The van der Waals surface area contributed by atoms with Crippen molar-refractivity contribution >= 4 is 0 Å². The van der Waals surface area contributed by atoms with E-state index in [9.17, 15) is 20.4 Å². The van der Waals surface area contributed by atoms with E-state index in [1.807, 2.05) is 84.9 Å². The summed E-state index contributed by atoms with van der Waals surface area (Å²) >= 11 is 0. The van der Waals surface area contributed by atoms with Gasteiger partial charge in [0.15, 0.2) is 23.0 Å². The number of rotatable bonds is 6. The van der Waals surface area contributed by atoms with E-state index in [-0.39, 0.29) is 11.1 Å². The Kier molecular flexibility index (Phi) is 7.45. The van der Waals surface area contributed by atoms with Crippen LogP contribution < -0.4 is 0 Å². The maximum absolute atomic E-state index is 11.1. The zero-order valence-corrected chi connectivity index (χ0v) is 24.8. The lowest BCUT2D eigenvalue weighted by Crippen LogP contribution is -1.89. The molecule has 7 aromatic carbocycles. The van der Waals surface area contributed by atoms with Gasteiger partial charge in [-0.3, -0.25) is 0 Å². The molecule has 0 amide bonds. The Labute approximate surface area is 267 Å². The van der Waals surface area contributed by atoms with Crippen LogP contribution in [0.4, 0.5) is 0 Å². The van der Waals surface area contributed by atoms with Gasteiger partial charge in [0, 0.05) is 0 Å². The second-order valence-electron chi connectivity index (χ2n) is 11.2. The van der Waals surface area contributed by atoms with Crippen molar-refractivity contribution < 1.29 is 20.4 Å². The second-order valence-corrected chi connectivity index (χ2v) is 11.2. The molecule has 0 bridgehead atoms. The Morgan fingerprint density at radius 3 is 0.587 bits per heavy atom. The summed E-state index contributed by atoms with van der Waals surface area (Å²) in [6.07, 6.45) is 0. The summed E-state index contributed by atoms with van der Waals surface area (Å²) in [6.45, 7) is 0. The van der Waals surface area contributed by atoms with Crippen LogP contribution in [0.3, 0.4) is 0 Å². The van der Waals surface area contributed by atoms with E-state index in [2.05, 4.69) is 48.5 Å². The van der Waals surface area contributed by atoms with Gasteiger partial charge < -0.3 is 20.4 Å². The van der Waals surface area contributed by atoms with E-state index in [1.54, 1.807) is 24.3 Å². The fourth-order valence-corrected chi connectivity index (χ4v) is 5.87. The van der Waals surface area contributed by atoms with Gasteiger partial charge in [0.1, 0.15) is 0 Å². The first-order chi connectivity index (χ1) is 22.5. The van der Waals surface area contributed by atoms with Crippen LogP contribution in [0.15, 0.2) is 158 Å². The minimum Gasteiger partial charge on any atom is -0.504 e. The third kappa shape index (κ3) is 5.33. The van der Waals surface area contributed by atoms with Crippen LogP contribution in [0.1, 0.15) is 0 Å². The fraction of sp³-hybridized carbons (Fsp3) is 0. The highest BCUT2D eigenvalue weighted by molar-refractivity contribution is 5.92. The highest BCUT2D eigenvalue weighted by atomic mass is 16.3. The largest absolute Gasteiger partial charge is 0.504 e. The van der Waals surface area contributed by atoms with Gasteiger partial charge in [-0.2, -0.15) is 0 Å². The van der Waals surface area contributed by atoms with Crippen molar-refractivity contribution in [1.29, 1.82) is 0 Å². The normalized spacial score (nSPS) is 11.0. The smallest absolute Gasteiger partial charge is 0.170 e. The van der Waals surface area contributed by atoms with Gasteiger partial charge in [0.05, 0.1) is 11.1 Å². The summed E-state index contributed by atoms with van der Waals surface area (Å²) in [6, 6.07) is 51.2. The van der Waals surface area contributed by atoms with Crippen molar-refractivity contribution in [2.75, 3.05) is 0 Å². The van der Waals surface area contributed by atoms with Crippen molar-refractivity contribution in [1.82, 2.24) is 0 Å². The predicted molar refractivity (Wildman–Crippen MR) is 186 cm³/mol. The van der Waals surface area contributed by atoms with Gasteiger partial charge in [-0.1, -0.05) is 158 Å². The molecule has 4 heteroatoms. The van der Waals surface area contributed by atoms with Crippen LogP contribution in [-0.4, -0.2) is 20.4 Å². The molecule has 0 atom stereocenters. The van der Waals surface area contributed by atoms with Crippen molar-refractivity contribution in [3.63, 3.8) is 0 Å². The third-order valence-electron chi connectivity index (χ3n) is 8.39. The lowest BCUT2D eigenvalue weighted by Gasteiger charge is -2.16. The maximum Gasteiger partial charge on any atom is 0.170 e. The molecule has 0 saturated heterocycles. The Morgan fingerprint density at radius 1 is 0.196 bits per heavy atom. The SMILES string of the molecule is Oc1c(O)c(-c2ccc(-c3ccc(-c4ccccc4)cc3)cc2)c(O)c(O)c1-c1ccc(-c2ccc(-c3ccccc3)cc2)cc1. The van der Waals surface area contributed by atoms with Crippen molar-refractivity contribution in [3.8, 4) is 89.8 Å². The standard InChI is InChI=1S/C42H30O4/c43-39-37(35-23-19-33(20-24-35)31-15-11-29(12-16-31)27-7-3-1-4-8-27)40(44)42(46)38(41(39)45)36-25-21-34(22-26-36)32-17-13-30(14-18-32)28-9-5-2-6-10-28/h1-26,43-46H. The van der Waals surface area contributed by atoms with Crippen molar-refractivity contribution in [3.05, 3.63) is 158 Å². The van der Waals surface area contributed by atoms with Crippen LogP contribution in [0.5, 0.6) is 23.0 Å². The Morgan fingerprint density at radius 2 is 0.370 bits per heavy atom. The summed E-state index contributed by atoms with van der Waals surface area (Å²) in [5, 5.41) is 44.2. The molecule has 7 aromatic rings. The third-order valence-corrected chi connectivity index (χ3v) is 8.39. The van der Waals surface area contributed by atoms with Gasteiger partial charge in [0.25, 0.3) is 0 Å². The zero-order chi connectivity index (χ0) is 31.6. The van der Waals surface area contributed by atoms with Gasteiger partial charge in [-0.15, -0.1) is 0 Å². The molecule has 0 fully saturated rings. The summed E-state index contributed by atoms with van der Waals surface area (Å²) in [4.78, 5) is 0. The lowest BCUT2D eigenvalue weighted by atomic mass is 9.93. The van der Waals surface area contributed by atoms with E-state index in [1.165, 1.54) is 0 Å². The molecule has 0 aliphatic rings. The molecule has 4 nitrogen and oxygen atoms in total. The molecule has 0 saturated carbocycles. The molecule has 4 N–H and O–H groups in total. The number of phenolic OH excluding ortho intramolecular Hbond substituents is 4. The topological polar surface area (TPSA) is 80.9 Å². The molecule has 0 aliphatic heterocycles. The molecular weight excluding hydrogens is 568 g/mol. The number of benzene rings is 7. The Hall–Kier alpha value is -6.26. The minimum atomic E-state index is -0.508. The number of hydrogen-bond acceptors (Lipinski definition) is 4.